The molecule has 0 unspecified atom stereocenters. The number of rotatable bonds is 10. The van der Waals surface area contributed by atoms with Crippen molar-refractivity contribution in [1.82, 2.24) is 0 Å². The van der Waals surface area contributed by atoms with Gasteiger partial charge in [-0.1, -0.05) is 36.7 Å². The van der Waals surface area contributed by atoms with Gasteiger partial charge in [0.15, 0.2) is 0 Å². The Kier molecular flexibility index (Phi) is 9.83. The van der Waals surface area contributed by atoms with Gasteiger partial charge in [-0.3, -0.25) is 0 Å². The zero-order chi connectivity index (χ0) is 38.4. The Bertz CT molecular complexity index is 2350. The van der Waals surface area contributed by atoms with E-state index in [1.807, 2.05) is 44.2 Å². The monoisotopic (exact) mass is 788 g/mol. The molecule has 10 nitrogen and oxygen atoms in total. The van der Waals surface area contributed by atoms with Crippen LogP contribution in [0.2, 0.25) is 0 Å². The number of thiophene rings is 4. The minimum absolute atomic E-state index is 0.213. The molecule has 0 N–H and O–H groups in total. The molecule has 54 heavy (non-hydrogen) atoms. The number of fused-ring (bicyclic) bond motifs is 6. The first-order chi connectivity index (χ1) is 25.9. The van der Waals surface area contributed by atoms with Gasteiger partial charge in [-0.15, -0.1) is 34.0 Å². The summed E-state index contributed by atoms with van der Waals surface area (Å²) in [6, 6.07) is 17.7. The average Bonchev–Trinajstić information content (AvgIpc) is 3.95. The Morgan fingerprint density at radius 1 is 0.685 bits per heavy atom. The number of nitriles is 3. The fraction of sp³-hybridized carbons (Fsp3) is 0.300. The van der Waals surface area contributed by atoms with E-state index in [2.05, 4.69) is 54.7 Å². The second-order valence-electron chi connectivity index (χ2n) is 13.4. The summed E-state index contributed by atoms with van der Waals surface area (Å²) >= 11 is 5.97. The van der Waals surface area contributed by atoms with E-state index >= 15 is 0 Å². The molecule has 5 aromatic rings. The zero-order valence-electron chi connectivity index (χ0n) is 30.2. The minimum Gasteiger partial charge on any atom is -0.492 e. The van der Waals surface area contributed by atoms with E-state index in [4.69, 9.17) is 25.5 Å². The van der Waals surface area contributed by atoms with E-state index in [0.29, 0.717) is 34.7 Å². The largest absolute Gasteiger partial charge is 0.492 e. The van der Waals surface area contributed by atoms with Crippen LogP contribution in [0.5, 0.6) is 23.0 Å². The van der Waals surface area contributed by atoms with Crippen molar-refractivity contribution in [2.24, 2.45) is 9.98 Å². The molecule has 270 valence electrons. The molecule has 2 aliphatic rings. The summed E-state index contributed by atoms with van der Waals surface area (Å²) in [5, 5.41) is 29.0. The van der Waals surface area contributed by atoms with Crippen LogP contribution < -0.4 is 18.9 Å². The van der Waals surface area contributed by atoms with Crippen molar-refractivity contribution >= 4 is 66.9 Å². The van der Waals surface area contributed by atoms with Crippen LogP contribution in [-0.4, -0.2) is 24.8 Å². The van der Waals surface area contributed by atoms with Gasteiger partial charge in [-0.2, -0.15) is 10.5 Å². The SMILES string of the molecule is [C-]#[N+]C(C#N)=Nc1cc(OCCC)c(-c2cc3c(s2)-c2cc4c(cc2C(C)(C)O3)-c2sc(-c3sc(N=C(C#N)C#N)cc3OCCC)cc2OC4(C)C)s1. The van der Waals surface area contributed by atoms with E-state index < -0.39 is 11.2 Å². The normalized spacial score (nSPS) is 14.3. The number of hydrogen-bond acceptors (Lipinski definition) is 13. The first-order valence-corrected chi connectivity index (χ1v) is 20.3. The molecule has 0 bridgehead atoms. The molecule has 0 radical (unpaired) electrons. The van der Waals surface area contributed by atoms with Crippen molar-refractivity contribution in [3.63, 3.8) is 0 Å². The lowest BCUT2D eigenvalue weighted by molar-refractivity contribution is 0.102. The molecular formula is C40H32N6O4S4. The van der Waals surface area contributed by atoms with E-state index in [-0.39, 0.29) is 11.5 Å². The van der Waals surface area contributed by atoms with E-state index in [0.717, 1.165) is 75.9 Å². The predicted molar refractivity (Wildman–Crippen MR) is 216 cm³/mol. The smallest absolute Gasteiger partial charge is 0.350 e. The highest BCUT2D eigenvalue weighted by Crippen LogP contribution is 2.59. The van der Waals surface area contributed by atoms with Gasteiger partial charge in [0.05, 0.1) is 42.5 Å². The molecule has 0 aliphatic carbocycles. The van der Waals surface area contributed by atoms with Crippen LogP contribution in [0.4, 0.5) is 10.0 Å². The Labute approximate surface area is 329 Å². The van der Waals surface area contributed by atoms with Crippen molar-refractivity contribution in [3.05, 3.63) is 58.9 Å². The maximum Gasteiger partial charge on any atom is 0.350 e. The maximum atomic E-state index is 9.31. The quantitative estimate of drug-likeness (QED) is 0.0780. The highest BCUT2D eigenvalue weighted by Gasteiger charge is 2.41. The molecule has 7 rings (SSSR count). The fourth-order valence-electron chi connectivity index (χ4n) is 6.31. The lowest BCUT2D eigenvalue weighted by atomic mass is 9.81. The van der Waals surface area contributed by atoms with Gasteiger partial charge in [-0.05, 0) is 52.7 Å². The zero-order valence-corrected chi connectivity index (χ0v) is 33.5. The molecule has 0 spiro atoms. The Morgan fingerprint density at radius 2 is 1.15 bits per heavy atom. The first kappa shape index (κ1) is 36.9. The molecule has 0 atom stereocenters. The van der Waals surface area contributed by atoms with Crippen LogP contribution in [0.15, 0.2) is 46.4 Å². The summed E-state index contributed by atoms with van der Waals surface area (Å²) in [7, 11) is 0. The van der Waals surface area contributed by atoms with Crippen molar-refractivity contribution in [2.45, 2.75) is 65.6 Å². The summed E-state index contributed by atoms with van der Waals surface area (Å²) in [6.07, 6.45) is 1.64. The van der Waals surface area contributed by atoms with Gasteiger partial charge in [0.25, 0.3) is 0 Å². The second-order valence-corrected chi connectivity index (χ2v) is 17.5. The van der Waals surface area contributed by atoms with Gasteiger partial charge >= 0.3 is 5.84 Å². The third-order valence-electron chi connectivity index (χ3n) is 8.67. The van der Waals surface area contributed by atoms with Crippen LogP contribution >= 0.6 is 45.3 Å². The van der Waals surface area contributed by atoms with Crippen LogP contribution in [0.3, 0.4) is 0 Å². The number of nitrogens with zero attached hydrogens (tertiary/aromatic N) is 6. The van der Waals surface area contributed by atoms with Crippen molar-refractivity contribution in [1.29, 1.82) is 15.8 Å². The molecule has 0 fully saturated rings. The summed E-state index contributed by atoms with van der Waals surface area (Å²) < 4.78 is 25.8. The van der Waals surface area contributed by atoms with Crippen LogP contribution in [0.25, 0.3) is 45.2 Å². The number of ether oxygens (including phenoxy) is 4. The molecular weight excluding hydrogens is 757 g/mol. The summed E-state index contributed by atoms with van der Waals surface area (Å²) in [6.45, 7) is 20.7. The molecule has 0 amide bonds. The van der Waals surface area contributed by atoms with Gasteiger partial charge in [0, 0.05) is 46.5 Å². The summed E-state index contributed by atoms with van der Waals surface area (Å²) in [4.78, 5) is 17.3. The number of amidine groups is 1. The predicted octanol–water partition coefficient (Wildman–Crippen LogP) is 12.0. The minimum atomic E-state index is -0.664. The lowest BCUT2D eigenvalue weighted by Gasteiger charge is -2.38. The van der Waals surface area contributed by atoms with E-state index in [1.165, 1.54) is 22.7 Å². The van der Waals surface area contributed by atoms with Crippen LogP contribution in [0.1, 0.15) is 65.5 Å². The van der Waals surface area contributed by atoms with Gasteiger partial charge in [0.2, 0.25) is 10.7 Å². The average molecular weight is 789 g/mol. The van der Waals surface area contributed by atoms with Crippen LogP contribution in [0, 0.1) is 40.6 Å². The molecule has 14 heteroatoms. The standard InChI is InChI=1S/C40H32N6O4S4/c1-8-10-47-26-16-33(45-21(18-41)19-42)53-37(26)30-14-28-35(51-30)22-12-25-23(13-24(22)39(3,4)49-28)36-29(50-40(25,5)6)15-31(52-36)38-27(48-11-9-2)17-34(54-38)46-32(20-43)44-7/h12-17H,8-11H2,1-6H3. The Balaban J connectivity index is 1.34. The molecule has 0 saturated carbocycles. The highest BCUT2D eigenvalue weighted by atomic mass is 32.1. The summed E-state index contributed by atoms with van der Waals surface area (Å²) in [5.41, 5.74) is 2.70. The topological polar surface area (TPSA) is 137 Å². The van der Waals surface area contributed by atoms with Gasteiger partial charge < -0.3 is 23.8 Å². The first-order valence-electron chi connectivity index (χ1n) is 17.1. The van der Waals surface area contributed by atoms with Gasteiger partial charge in [-0.25, -0.2) is 10.3 Å². The van der Waals surface area contributed by atoms with E-state index in [9.17, 15) is 15.8 Å². The molecule has 1 aromatic carbocycles. The second kappa shape index (κ2) is 14.4. The molecule has 2 aliphatic heterocycles. The third-order valence-corrected chi connectivity index (χ3v) is 13.3. The number of hydrogen-bond donors (Lipinski definition) is 0. The molecule has 4 aromatic heterocycles. The maximum absolute atomic E-state index is 9.31. The van der Waals surface area contributed by atoms with Crippen LogP contribution in [-0.2, 0) is 11.2 Å². The Hall–Kier alpha value is -5.48. The van der Waals surface area contributed by atoms with Crippen molar-refractivity contribution < 1.29 is 18.9 Å². The molecule has 6 heterocycles. The lowest BCUT2D eigenvalue weighted by Crippen LogP contribution is -2.32. The Morgan fingerprint density at radius 3 is 1.56 bits per heavy atom. The number of aliphatic imine (C=N–C) groups is 2. The fourth-order valence-corrected chi connectivity index (χ4v) is 10.7. The van der Waals surface area contributed by atoms with Crippen molar-refractivity contribution in [3.8, 4) is 81.6 Å². The number of benzene rings is 1. The third kappa shape index (κ3) is 6.64. The van der Waals surface area contributed by atoms with E-state index in [1.54, 1.807) is 34.8 Å². The highest BCUT2D eigenvalue weighted by molar-refractivity contribution is 7.26. The molecule has 0 saturated heterocycles. The summed E-state index contributed by atoms with van der Waals surface area (Å²) in [5.74, 6) is 2.62. The van der Waals surface area contributed by atoms with Crippen molar-refractivity contribution in [2.75, 3.05) is 13.2 Å². The van der Waals surface area contributed by atoms with Gasteiger partial charge in [0.1, 0.15) is 57.4 Å².